The Balaban J connectivity index is 2.35. The van der Waals surface area contributed by atoms with Crippen molar-refractivity contribution < 1.29 is 4.42 Å². The van der Waals surface area contributed by atoms with Crippen LogP contribution in [0.4, 0.5) is 0 Å². The molecular weight excluding hydrogens is 242 g/mol. The van der Waals surface area contributed by atoms with Crippen LogP contribution in [-0.4, -0.2) is 30.5 Å². The number of benzene rings is 1. The van der Waals surface area contributed by atoms with Crippen molar-refractivity contribution in [2.45, 2.75) is 19.4 Å². The Labute approximate surface area is 112 Å². The first-order valence-corrected chi connectivity index (χ1v) is 6.50. The van der Waals surface area contributed by atoms with Gasteiger partial charge in [0.05, 0.1) is 5.52 Å². The predicted octanol–water partition coefficient (Wildman–Crippen LogP) is 1.71. The summed E-state index contributed by atoms with van der Waals surface area (Å²) in [4.78, 5) is 16.0. The van der Waals surface area contributed by atoms with Gasteiger partial charge in [-0.15, -0.1) is 0 Å². The molecule has 0 spiro atoms. The van der Waals surface area contributed by atoms with Crippen molar-refractivity contribution in [3.8, 4) is 0 Å². The zero-order valence-corrected chi connectivity index (χ0v) is 11.6. The molecule has 0 radical (unpaired) electrons. The van der Waals surface area contributed by atoms with Gasteiger partial charge in [0.1, 0.15) is 0 Å². The third-order valence-corrected chi connectivity index (χ3v) is 3.48. The summed E-state index contributed by atoms with van der Waals surface area (Å²) in [6, 6.07) is 6.11. The fourth-order valence-corrected chi connectivity index (χ4v) is 2.30. The lowest BCUT2D eigenvalue weighted by Gasteiger charge is -2.27. The minimum Gasteiger partial charge on any atom is -0.408 e. The minimum atomic E-state index is -0.413. The Bertz CT molecular complexity index is 600. The lowest BCUT2D eigenvalue weighted by Crippen LogP contribution is -2.24. The van der Waals surface area contributed by atoms with E-state index in [0.29, 0.717) is 18.0 Å². The second-order valence-electron chi connectivity index (χ2n) is 5.33. The zero-order chi connectivity index (χ0) is 14.0. The number of nitrogens with two attached hydrogens (primary N) is 1. The minimum absolute atomic E-state index is 0.279. The van der Waals surface area contributed by atoms with Crippen LogP contribution in [0.2, 0.25) is 0 Å². The van der Waals surface area contributed by atoms with Gasteiger partial charge >= 0.3 is 5.76 Å². The number of nitrogens with one attached hydrogen (secondary N) is 1. The highest BCUT2D eigenvalue weighted by atomic mass is 16.4. The highest BCUT2D eigenvalue weighted by Gasteiger charge is 2.18. The number of rotatable bonds is 5. The maximum Gasteiger partial charge on any atom is 0.417 e. The van der Waals surface area contributed by atoms with Gasteiger partial charge in [0.25, 0.3) is 0 Å². The second kappa shape index (κ2) is 5.59. The topological polar surface area (TPSA) is 75.3 Å². The molecule has 0 fully saturated rings. The third kappa shape index (κ3) is 3.05. The average Bonchev–Trinajstić information content (AvgIpc) is 2.74. The molecule has 1 aromatic carbocycles. The molecule has 0 aliphatic rings. The molecule has 104 valence electrons. The second-order valence-corrected chi connectivity index (χ2v) is 5.33. The van der Waals surface area contributed by atoms with Crippen molar-refractivity contribution in [2.75, 3.05) is 20.6 Å². The molecule has 1 aromatic heterocycles. The van der Waals surface area contributed by atoms with Crippen LogP contribution < -0.4 is 11.5 Å². The van der Waals surface area contributed by atoms with Crippen molar-refractivity contribution in [2.24, 2.45) is 11.7 Å². The molecule has 0 saturated heterocycles. The van der Waals surface area contributed by atoms with E-state index in [9.17, 15) is 4.79 Å². The monoisotopic (exact) mass is 263 g/mol. The number of aromatic amines is 1. The Hall–Kier alpha value is -1.59. The standard InChI is InChI=1S/C14H21N3O2/c1-9(8-15)6-12(17(2)3)10-4-5-13-11(7-10)16-14(18)19-13/h4-5,7,9,12H,6,8,15H2,1-3H3,(H,16,18). The van der Waals surface area contributed by atoms with Crippen LogP contribution >= 0.6 is 0 Å². The van der Waals surface area contributed by atoms with E-state index in [1.165, 1.54) is 0 Å². The molecule has 2 rings (SSSR count). The highest BCUT2D eigenvalue weighted by molar-refractivity contribution is 5.72. The van der Waals surface area contributed by atoms with Gasteiger partial charge in [0.15, 0.2) is 5.58 Å². The lowest BCUT2D eigenvalue weighted by molar-refractivity contribution is 0.255. The van der Waals surface area contributed by atoms with E-state index in [1.54, 1.807) is 0 Å². The molecule has 0 aliphatic heterocycles. The third-order valence-electron chi connectivity index (χ3n) is 3.48. The summed E-state index contributed by atoms with van der Waals surface area (Å²) in [5, 5.41) is 0. The van der Waals surface area contributed by atoms with Gasteiger partial charge in [-0.1, -0.05) is 13.0 Å². The van der Waals surface area contributed by atoms with Crippen LogP contribution in [-0.2, 0) is 0 Å². The zero-order valence-electron chi connectivity index (χ0n) is 11.6. The van der Waals surface area contributed by atoms with Crippen LogP contribution in [0.1, 0.15) is 24.9 Å². The lowest BCUT2D eigenvalue weighted by atomic mass is 9.95. The quantitative estimate of drug-likeness (QED) is 0.861. The smallest absolute Gasteiger partial charge is 0.408 e. The molecule has 2 atom stereocenters. The predicted molar refractivity (Wildman–Crippen MR) is 76.1 cm³/mol. The van der Waals surface area contributed by atoms with Crippen LogP contribution in [0.15, 0.2) is 27.4 Å². The molecule has 3 N–H and O–H groups in total. The van der Waals surface area contributed by atoms with Crippen molar-refractivity contribution in [1.82, 2.24) is 9.88 Å². The van der Waals surface area contributed by atoms with E-state index in [2.05, 4.69) is 30.9 Å². The van der Waals surface area contributed by atoms with Crippen LogP contribution in [0, 0.1) is 5.92 Å². The summed E-state index contributed by atoms with van der Waals surface area (Å²) in [5.41, 5.74) is 8.21. The maximum atomic E-state index is 11.2. The van der Waals surface area contributed by atoms with E-state index < -0.39 is 5.76 Å². The number of fused-ring (bicyclic) bond motifs is 1. The first-order chi connectivity index (χ1) is 9.01. The highest BCUT2D eigenvalue weighted by Crippen LogP contribution is 2.27. The van der Waals surface area contributed by atoms with Crippen molar-refractivity contribution in [1.29, 1.82) is 0 Å². The Morgan fingerprint density at radius 2 is 2.16 bits per heavy atom. The van der Waals surface area contributed by atoms with E-state index >= 15 is 0 Å². The van der Waals surface area contributed by atoms with Gasteiger partial charge in [-0.25, -0.2) is 4.79 Å². The van der Waals surface area contributed by atoms with Crippen LogP contribution in [0.3, 0.4) is 0 Å². The summed E-state index contributed by atoms with van der Waals surface area (Å²) in [5.74, 6) is 0.0374. The van der Waals surface area contributed by atoms with Crippen LogP contribution in [0.25, 0.3) is 11.1 Å². The molecule has 5 heteroatoms. The maximum absolute atomic E-state index is 11.2. The number of nitrogens with zero attached hydrogens (tertiary/aromatic N) is 1. The fraction of sp³-hybridized carbons (Fsp3) is 0.500. The normalized spacial score (nSPS) is 15.0. The van der Waals surface area contributed by atoms with Gasteiger partial charge < -0.3 is 15.1 Å². The molecular formula is C14H21N3O2. The van der Waals surface area contributed by atoms with Gasteiger partial charge in [-0.2, -0.15) is 0 Å². The summed E-state index contributed by atoms with van der Waals surface area (Å²) >= 11 is 0. The van der Waals surface area contributed by atoms with E-state index in [4.69, 9.17) is 10.2 Å². The van der Waals surface area contributed by atoms with Crippen LogP contribution in [0.5, 0.6) is 0 Å². The summed E-state index contributed by atoms with van der Waals surface area (Å²) in [7, 11) is 4.10. The first-order valence-electron chi connectivity index (χ1n) is 6.50. The Kier molecular flexibility index (Phi) is 4.07. The van der Waals surface area contributed by atoms with Gasteiger partial charge in [-0.05, 0) is 50.7 Å². The molecule has 2 aromatic rings. The van der Waals surface area contributed by atoms with Crippen molar-refractivity contribution in [3.63, 3.8) is 0 Å². The fourth-order valence-electron chi connectivity index (χ4n) is 2.30. The number of hydrogen-bond acceptors (Lipinski definition) is 4. The molecule has 0 bridgehead atoms. The Morgan fingerprint density at radius 1 is 1.42 bits per heavy atom. The molecule has 19 heavy (non-hydrogen) atoms. The molecule has 0 saturated carbocycles. The number of hydrogen-bond donors (Lipinski definition) is 2. The van der Waals surface area contributed by atoms with Crippen molar-refractivity contribution in [3.05, 3.63) is 34.3 Å². The van der Waals surface area contributed by atoms with Gasteiger partial charge in [0.2, 0.25) is 0 Å². The SMILES string of the molecule is CC(CN)CC(c1ccc2oc(=O)[nH]c2c1)N(C)C. The summed E-state index contributed by atoms with van der Waals surface area (Å²) < 4.78 is 5.02. The number of H-pyrrole nitrogens is 1. The summed E-state index contributed by atoms with van der Waals surface area (Å²) in [6.07, 6.45) is 0.983. The molecule has 5 nitrogen and oxygen atoms in total. The van der Waals surface area contributed by atoms with E-state index in [-0.39, 0.29) is 6.04 Å². The van der Waals surface area contributed by atoms with E-state index in [1.807, 2.05) is 18.2 Å². The van der Waals surface area contributed by atoms with Gasteiger partial charge in [0, 0.05) is 6.04 Å². The van der Waals surface area contributed by atoms with Crippen molar-refractivity contribution >= 4 is 11.1 Å². The molecule has 1 heterocycles. The van der Waals surface area contributed by atoms with E-state index in [0.717, 1.165) is 17.5 Å². The number of oxazole rings is 1. The largest absolute Gasteiger partial charge is 0.417 e. The Morgan fingerprint density at radius 3 is 2.79 bits per heavy atom. The molecule has 0 aliphatic carbocycles. The number of aromatic nitrogens is 1. The van der Waals surface area contributed by atoms with Gasteiger partial charge in [-0.3, -0.25) is 4.98 Å². The summed E-state index contributed by atoms with van der Waals surface area (Å²) in [6.45, 7) is 2.82. The molecule has 0 amide bonds. The first kappa shape index (κ1) is 13.8. The molecule has 2 unspecified atom stereocenters. The average molecular weight is 263 g/mol.